The number of piperidine rings is 1. The van der Waals surface area contributed by atoms with Gasteiger partial charge in [0.15, 0.2) is 0 Å². The number of nitrogens with zero attached hydrogens (tertiary/aromatic N) is 3. The Bertz CT molecular complexity index is 340. The molecule has 1 aliphatic rings. The van der Waals surface area contributed by atoms with Gasteiger partial charge in [-0.2, -0.15) is 4.98 Å². The number of rotatable bonds is 3. The van der Waals surface area contributed by atoms with E-state index in [0.29, 0.717) is 17.8 Å². The number of hydrogen-bond donors (Lipinski definition) is 1. The first kappa shape index (κ1) is 11.4. The molecule has 1 N–H and O–H groups in total. The predicted molar refractivity (Wildman–Crippen MR) is 61.3 cm³/mol. The van der Waals surface area contributed by atoms with Crippen LogP contribution in [0.1, 0.15) is 18.5 Å². The zero-order chi connectivity index (χ0) is 11.5. The fourth-order valence-electron chi connectivity index (χ4n) is 2.14. The summed E-state index contributed by atoms with van der Waals surface area (Å²) in [5.74, 6) is 0. The smallest absolute Gasteiger partial charge is 0.297 e. The van der Waals surface area contributed by atoms with Gasteiger partial charge >= 0.3 is 0 Å². The van der Waals surface area contributed by atoms with E-state index in [1.165, 1.54) is 12.7 Å². The minimum Gasteiger partial charge on any atom is -0.432 e. The fourth-order valence-corrected chi connectivity index (χ4v) is 2.14. The average molecular weight is 225 g/mol. The SMILES string of the molecule is CN1CCCC(N(C)c2nc(CO)co2)C1. The molecule has 1 aromatic heterocycles. The molecule has 2 heterocycles. The molecule has 1 saturated heterocycles. The third-order valence-electron chi connectivity index (χ3n) is 3.15. The van der Waals surface area contributed by atoms with Crippen molar-refractivity contribution in [3.05, 3.63) is 12.0 Å². The van der Waals surface area contributed by atoms with Crippen molar-refractivity contribution >= 4 is 6.01 Å². The number of likely N-dealkylation sites (tertiary alicyclic amines) is 1. The maximum Gasteiger partial charge on any atom is 0.297 e. The Balaban J connectivity index is 2.02. The monoisotopic (exact) mass is 225 g/mol. The van der Waals surface area contributed by atoms with Gasteiger partial charge in [0, 0.05) is 19.6 Å². The first-order valence-electron chi connectivity index (χ1n) is 5.67. The van der Waals surface area contributed by atoms with Crippen molar-refractivity contribution in [2.24, 2.45) is 0 Å². The van der Waals surface area contributed by atoms with Gasteiger partial charge in [-0.1, -0.05) is 0 Å². The van der Waals surface area contributed by atoms with E-state index in [0.717, 1.165) is 19.5 Å². The van der Waals surface area contributed by atoms with E-state index in [2.05, 4.69) is 21.8 Å². The van der Waals surface area contributed by atoms with Crippen molar-refractivity contribution in [3.8, 4) is 0 Å². The van der Waals surface area contributed by atoms with Gasteiger partial charge in [0.1, 0.15) is 12.0 Å². The lowest BCUT2D eigenvalue weighted by atomic mass is 10.1. The number of oxazole rings is 1. The van der Waals surface area contributed by atoms with Crippen LogP contribution in [0.4, 0.5) is 6.01 Å². The number of aliphatic hydroxyl groups is 1. The van der Waals surface area contributed by atoms with Crippen LogP contribution in [0.2, 0.25) is 0 Å². The van der Waals surface area contributed by atoms with E-state index in [1.807, 2.05) is 7.05 Å². The lowest BCUT2D eigenvalue weighted by Gasteiger charge is -2.34. The number of aromatic nitrogens is 1. The van der Waals surface area contributed by atoms with Crippen molar-refractivity contribution in [1.29, 1.82) is 0 Å². The van der Waals surface area contributed by atoms with Gasteiger partial charge in [-0.3, -0.25) is 0 Å². The zero-order valence-corrected chi connectivity index (χ0v) is 9.89. The summed E-state index contributed by atoms with van der Waals surface area (Å²) in [4.78, 5) is 8.60. The van der Waals surface area contributed by atoms with Crippen molar-refractivity contribution < 1.29 is 9.52 Å². The molecule has 5 nitrogen and oxygen atoms in total. The van der Waals surface area contributed by atoms with E-state index in [4.69, 9.17) is 9.52 Å². The zero-order valence-electron chi connectivity index (χ0n) is 9.89. The third-order valence-corrected chi connectivity index (χ3v) is 3.15. The van der Waals surface area contributed by atoms with E-state index in [1.54, 1.807) is 0 Å². The van der Waals surface area contributed by atoms with E-state index < -0.39 is 0 Å². The number of aliphatic hydroxyl groups excluding tert-OH is 1. The molecular weight excluding hydrogens is 206 g/mol. The average Bonchev–Trinajstić information content (AvgIpc) is 2.76. The van der Waals surface area contributed by atoms with Crippen LogP contribution >= 0.6 is 0 Å². The Labute approximate surface area is 95.7 Å². The molecule has 16 heavy (non-hydrogen) atoms. The highest BCUT2D eigenvalue weighted by Gasteiger charge is 2.23. The topological polar surface area (TPSA) is 52.7 Å². The molecule has 1 unspecified atom stereocenters. The molecule has 0 spiro atoms. The predicted octanol–water partition coefficient (Wildman–Crippen LogP) is 0.697. The van der Waals surface area contributed by atoms with Crippen molar-refractivity contribution in [2.45, 2.75) is 25.5 Å². The minimum absolute atomic E-state index is 0.0676. The van der Waals surface area contributed by atoms with Crippen LogP contribution in [0.5, 0.6) is 0 Å². The summed E-state index contributed by atoms with van der Waals surface area (Å²) >= 11 is 0. The molecule has 1 fully saturated rings. The standard InChI is InChI=1S/C11H19N3O2/c1-13-5-3-4-10(6-13)14(2)11-12-9(7-15)8-16-11/h8,10,15H,3-7H2,1-2H3. The molecule has 0 bridgehead atoms. The second kappa shape index (κ2) is 4.84. The van der Waals surface area contributed by atoms with Gasteiger partial charge in [-0.25, -0.2) is 0 Å². The maximum atomic E-state index is 8.94. The third kappa shape index (κ3) is 2.36. The molecule has 5 heteroatoms. The molecule has 1 aliphatic heterocycles. The highest BCUT2D eigenvalue weighted by atomic mass is 16.4. The van der Waals surface area contributed by atoms with Crippen molar-refractivity contribution in [3.63, 3.8) is 0 Å². The molecule has 0 aromatic carbocycles. The van der Waals surface area contributed by atoms with Gasteiger partial charge in [-0.05, 0) is 26.4 Å². The Morgan fingerprint density at radius 1 is 1.69 bits per heavy atom. The molecule has 1 atom stereocenters. The highest BCUT2D eigenvalue weighted by molar-refractivity contribution is 5.27. The summed E-state index contributed by atoms with van der Waals surface area (Å²) in [5.41, 5.74) is 0.589. The van der Waals surface area contributed by atoms with Crippen molar-refractivity contribution in [2.75, 3.05) is 32.1 Å². The number of likely N-dealkylation sites (N-methyl/N-ethyl adjacent to an activating group) is 2. The summed E-state index contributed by atoms with van der Waals surface area (Å²) in [6.07, 6.45) is 3.88. The normalized spacial score (nSPS) is 22.3. The second-order valence-electron chi connectivity index (χ2n) is 4.45. The second-order valence-corrected chi connectivity index (χ2v) is 4.45. The molecule has 1 aromatic rings. The quantitative estimate of drug-likeness (QED) is 0.820. The lowest BCUT2D eigenvalue weighted by molar-refractivity contribution is 0.244. The molecule has 0 saturated carbocycles. The lowest BCUT2D eigenvalue weighted by Crippen LogP contribution is -2.45. The van der Waals surface area contributed by atoms with Crippen LogP contribution in [0, 0.1) is 0 Å². The first-order chi connectivity index (χ1) is 7.70. The summed E-state index contributed by atoms with van der Waals surface area (Å²) in [6.45, 7) is 2.13. The van der Waals surface area contributed by atoms with Crippen LogP contribution in [0.25, 0.3) is 0 Å². The van der Waals surface area contributed by atoms with Crippen LogP contribution in [-0.4, -0.2) is 48.2 Å². The largest absolute Gasteiger partial charge is 0.432 e. The number of hydrogen-bond acceptors (Lipinski definition) is 5. The van der Waals surface area contributed by atoms with Crippen LogP contribution in [-0.2, 0) is 6.61 Å². The Hall–Kier alpha value is -1.07. The first-order valence-corrected chi connectivity index (χ1v) is 5.67. The number of anilines is 1. The molecule has 2 rings (SSSR count). The minimum atomic E-state index is -0.0676. The Kier molecular flexibility index (Phi) is 3.46. The molecule has 0 aliphatic carbocycles. The summed E-state index contributed by atoms with van der Waals surface area (Å²) < 4.78 is 5.34. The molecule has 0 amide bonds. The molecule has 90 valence electrons. The molecule has 0 radical (unpaired) electrons. The van der Waals surface area contributed by atoms with Crippen molar-refractivity contribution in [1.82, 2.24) is 9.88 Å². The van der Waals surface area contributed by atoms with Crippen LogP contribution in [0.15, 0.2) is 10.7 Å². The van der Waals surface area contributed by atoms with Crippen LogP contribution in [0.3, 0.4) is 0 Å². The van der Waals surface area contributed by atoms with Gasteiger partial charge < -0.3 is 19.3 Å². The fraction of sp³-hybridized carbons (Fsp3) is 0.727. The summed E-state index contributed by atoms with van der Waals surface area (Å²) in [5, 5.41) is 8.94. The van der Waals surface area contributed by atoms with Gasteiger partial charge in [0.05, 0.1) is 6.61 Å². The van der Waals surface area contributed by atoms with Gasteiger partial charge in [0.25, 0.3) is 6.01 Å². The molecular formula is C11H19N3O2. The highest BCUT2D eigenvalue weighted by Crippen LogP contribution is 2.20. The Morgan fingerprint density at radius 2 is 2.50 bits per heavy atom. The summed E-state index contributed by atoms with van der Waals surface area (Å²) in [7, 11) is 4.13. The van der Waals surface area contributed by atoms with E-state index in [9.17, 15) is 0 Å². The van der Waals surface area contributed by atoms with Gasteiger partial charge in [-0.15, -0.1) is 0 Å². The Morgan fingerprint density at radius 3 is 3.12 bits per heavy atom. The van der Waals surface area contributed by atoms with E-state index >= 15 is 0 Å². The summed E-state index contributed by atoms with van der Waals surface area (Å²) in [6, 6.07) is 1.05. The van der Waals surface area contributed by atoms with Crippen LogP contribution < -0.4 is 4.90 Å². The van der Waals surface area contributed by atoms with Gasteiger partial charge in [0.2, 0.25) is 0 Å². The van der Waals surface area contributed by atoms with E-state index in [-0.39, 0.29) is 6.61 Å². The maximum absolute atomic E-state index is 8.94.